The lowest BCUT2D eigenvalue weighted by Gasteiger charge is -2.08. The predicted molar refractivity (Wildman–Crippen MR) is 80.9 cm³/mol. The molecule has 0 saturated heterocycles. The third kappa shape index (κ3) is 3.57. The fraction of sp³-hybridized carbons (Fsp3) is 0.357. The topological polar surface area (TPSA) is 66.6 Å². The van der Waals surface area contributed by atoms with Crippen molar-refractivity contribution >= 4 is 11.6 Å². The van der Waals surface area contributed by atoms with Gasteiger partial charge in [0, 0.05) is 32.3 Å². The number of nitrogens with one attached hydrogen (secondary N) is 2. The monoisotopic (exact) mass is 272 g/mol. The van der Waals surface area contributed by atoms with Gasteiger partial charge in [0.05, 0.1) is 0 Å². The van der Waals surface area contributed by atoms with E-state index >= 15 is 0 Å². The minimum Gasteiger partial charge on any atom is -0.357 e. The van der Waals surface area contributed by atoms with E-state index in [-0.39, 0.29) is 0 Å². The lowest BCUT2D eigenvalue weighted by Crippen LogP contribution is -2.37. The summed E-state index contributed by atoms with van der Waals surface area (Å²) >= 11 is 0. The largest absolute Gasteiger partial charge is 0.357 e. The Morgan fingerprint density at radius 2 is 2.30 bits per heavy atom. The maximum absolute atomic E-state index is 4.50. The quantitative estimate of drug-likeness (QED) is 0.468. The zero-order valence-electron chi connectivity index (χ0n) is 11.7. The highest BCUT2D eigenvalue weighted by atomic mass is 15.2. The normalized spacial score (nSPS) is 11.6. The van der Waals surface area contributed by atoms with Gasteiger partial charge in [-0.1, -0.05) is 12.1 Å². The molecule has 6 nitrogen and oxygen atoms in total. The summed E-state index contributed by atoms with van der Waals surface area (Å²) in [6.45, 7) is 7.90. The number of rotatable bonds is 6. The average molecular weight is 272 g/mol. The molecule has 2 aromatic heterocycles. The lowest BCUT2D eigenvalue weighted by molar-refractivity contribution is 0.817. The number of aliphatic imine (C=N–C) groups is 1. The van der Waals surface area contributed by atoms with Crippen molar-refractivity contribution in [3.8, 4) is 0 Å². The fourth-order valence-electron chi connectivity index (χ4n) is 1.84. The molecule has 2 aromatic rings. The van der Waals surface area contributed by atoms with Crippen LogP contribution >= 0.6 is 0 Å². The molecule has 0 saturated carbocycles. The van der Waals surface area contributed by atoms with Crippen molar-refractivity contribution in [3.05, 3.63) is 42.9 Å². The van der Waals surface area contributed by atoms with Gasteiger partial charge in [0.2, 0.25) is 0 Å². The summed E-state index contributed by atoms with van der Waals surface area (Å²) in [5.41, 5.74) is 0.864. The van der Waals surface area contributed by atoms with Crippen LogP contribution in [0.4, 0.5) is 0 Å². The highest BCUT2D eigenvalue weighted by Crippen LogP contribution is 2.03. The molecule has 2 rings (SSSR count). The number of hydrogen-bond donors (Lipinski definition) is 2. The van der Waals surface area contributed by atoms with E-state index in [0.717, 1.165) is 30.4 Å². The van der Waals surface area contributed by atoms with E-state index in [1.165, 1.54) is 0 Å². The van der Waals surface area contributed by atoms with Crippen LogP contribution in [-0.4, -0.2) is 40.2 Å². The first kappa shape index (κ1) is 14.0. The molecule has 0 bridgehead atoms. The molecule has 0 amide bonds. The van der Waals surface area contributed by atoms with Crippen LogP contribution < -0.4 is 10.6 Å². The van der Waals surface area contributed by atoms with Crippen LogP contribution in [0.25, 0.3) is 5.65 Å². The average Bonchev–Trinajstić information content (AvgIpc) is 2.88. The van der Waals surface area contributed by atoms with Gasteiger partial charge < -0.3 is 10.6 Å². The molecule has 6 heteroatoms. The van der Waals surface area contributed by atoms with E-state index in [1.54, 1.807) is 6.08 Å². The van der Waals surface area contributed by atoms with Gasteiger partial charge in [0.15, 0.2) is 11.6 Å². The van der Waals surface area contributed by atoms with E-state index < -0.39 is 0 Å². The zero-order chi connectivity index (χ0) is 14.2. The molecule has 2 heterocycles. The number of pyridine rings is 1. The summed E-state index contributed by atoms with van der Waals surface area (Å²) in [6, 6.07) is 5.86. The van der Waals surface area contributed by atoms with Gasteiger partial charge in [0.25, 0.3) is 0 Å². The Morgan fingerprint density at radius 1 is 1.40 bits per heavy atom. The molecule has 0 aliphatic heterocycles. The Labute approximate surface area is 118 Å². The van der Waals surface area contributed by atoms with E-state index in [9.17, 15) is 0 Å². The second-order valence-electron chi connectivity index (χ2n) is 4.23. The number of nitrogens with zero attached hydrogens (tertiary/aromatic N) is 4. The summed E-state index contributed by atoms with van der Waals surface area (Å²) in [5, 5.41) is 14.7. The van der Waals surface area contributed by atoms with Crippen LogP contribution in [0.1, 0.15) is 12.7 Å². The van der Waals surface area contributed by atoms with Gasteiger partial charge in [-0.25, -0.2) is 0 Å². The molecule has 0 aliphatic carbocycles. The molecule has 0 aliphatic rings. The minimum absolute atomic E-state index is 0.655. The molecule has 0 spiro atoms. The Kier molecular flexibility index (Phi) is 5.11. The standard InChI is InChI=1S/C14H20N6/c1-3-9-16-14(15-4-2)17-10-8-13-19-18-12-7-5-6-11-20(12)13/h3,5-7,11H,1,4,8-10H2,2H3,(H2,15,16,17). The van der Waals surface area contributed by atoms with Crippen molar-refractivity contribution in [1.29, 1.82) is 0 Å². The van der Waals surface area contributed by atoms with Crippen LogP contribution in [0.3, 0.4) is 0 Å². The maximum Gasteiger partial charge on any atom is 0.191 e. The van der Waals surface area contributed by atoms with E-state index in [0.29, 0.717) is 13.1 Å². The summed E-state index contributed by atoms with van der Waals surface area (Å²) in [4.78, 5) is 4.50. The van der Waals surface area contributed by atoms with E-state index in [2.05, 4.69) is 32.4 Å². The molecule has 0 radical (unpaired) electrons. The van der Waals surface area contributed by atoms with Crippen LogP contribution in [0, 0.1) is 0 Å². The van der Waals surface area contributed by atoms with Crippen molar-refractivity contribution in [2.45, 2.75) is 13.3 Å². The molecule has 0 atom stereocenters. The molecular weight excluding hydrogens is 252 g/mol. The minimum atomic E-state index is 0.655. The Hall–Kier alpha value is -2.37. The third-order valence-electron chi connectivity index (χ3n) is 2.75. The van der Waals surface area contributed by atoms with Gasteiger partial charge in [-0.05, 0) is 19.1 Å². The Morgan fingerprint density at radius 3 is 3.10 bits per heavy atom. The Balaban J connectivity index is 1.98. The highest BCUT2D eigenvalue weighted by molar-refractivity contribution is 5.79. The van der Waals surface area contributed by atoms with E-state index in [1.807, 2.05) is 35.7 Å². The molecular formula is C14H20N6. The first-order chi connectivity index (χ1) is 9.85. The lowest BCUT2D eigenvalue weighted by atomic mass is 10.4. The zero-order valence-corrected chi connectivity index (χ0v) is 11.7. The van der Waals surface area contributed by atoms with Crippen LogP contribution in [-0.2, 0) is 6.42 Å². The molecule has 2 N–H and O–H groups in total. The number of guanidine groups is 1. The van der Waals surface area contributed by atoms with Crippen molar-refractivity contribution < 1.29 is 0 Å². The van der Waals surface area contributed by atoms with Gasteiger partial charge in [-0.3, -0.25) is 9.39 Å². The van der Waals surface area contributed by atoms with Crippen LogP contribution in [0.15, 0.2) is 42.0 Å². The molecule has 0 aromatic carbocycles. The SMILES string of the molecule is C=CCNC(=NCCc1nnc2ccccn12)NCC. The molecule has 0 fully saturated rings. The van der Waals surface area contributed by atoms with Gasteiger partial charge >= 0.3 is 0 Å². The van der Waals surface area contributed by atoms with Crippen LogP contribution in [0.5, 0.6) is 0 Å². The van der Waals surface area contributed by atoms with Crippen molar-refractivity contribution in [2.75, 3.05) is 19.6 Å². The summed E-state index contributed by atoms with van der Waals surface area (Å²) in [7, 11) is 0. The van der Waals surface area contributed by atoms with Crippen LogP contribution in [0.2, 0.25) is 0 Å². The van der Waals surface area contributed by atoms with Gasteiger partial charge in [-0.15, -0.1) is 16.8 Å². The second-order valence-corrected chi connectivity index (χ2v) is 4.23. The Bertz CT molecular complexity index is 586. The smallest absolute Gasteiger partial charge is 0.191 e. The summed E-state index contributed by atoms with van der Waals surface area (Å²) < 4.78 is 1.99. The molecule has 106 valence electrons. The van der Waals surface area contributed by atoms with Crippen molar-refractivity contribution in [2.24, 2.45) is 4.99 Å². The number of aromatic nitrogens is 3. The second kappa shape index (κ2) is 7.28. The van der Waals surface area contributed by atoms with Crippen molar-refractivity contribution in [1.82, 2.24) is 25.2 Å². The highest BCUT2D eigenvalue weighted by Gasteiger charge is 2.03. The first-order valence-corrected chi connectivity index (χ1v) is 6.77. The number of fused-ring (bicyclic) bond motifs is 1. The summed E-state index contributed by atoms with van der Waals surface area (Å²) in [6.07, 6.45) is 4.52. The van der Waals surface area contributed by atoms with Crippen molar-refractivity contribution in [3.63, 3.8) is 0 Å². The molecule has 20 heavy (non-hydrogen) atoms. The van der Waals surface area contributed by atoms with Gasteiger partial charge in [0.1, 0.15) is 5.82 Å². The van der Waals surface area contributed by atoms with E-state index in [4.69, 9.17) is 0 Å². The fourth-order valence-corrected chi connectivity index (χ4v) is 1.84. The number of hydrogen-bond acceptors (Lipinski definition) is 3. The third-order valence-corrected chi connectivity index (χ3v) is 2.75. The van der Waals surface area contributed by atoms with Gasteiger partial charge in [-0.2, -0.15) is 0 Å². The molecule has 0 unspecified atom stereocenters. The first-order valence-electron chi connectivity index (χ1n) is 6.77. The predicted octanol–water partition coefficient (Wildman–Crippen LogP) is 1.01. The summed E-state index contributed by atoms with van der Waals surface area (Å²) in [5.74, 6) is 1.71. The maximum atomic E-state index is 4.50.